The topological polar surface area (TPSA) is 12.0 Å². The number of benzene rings is 1. The minimum atomic E-state index is 0.617. The Morgan fingerprint density at radius 3 is 3.00 bits per heavy atom. The van der Waals surface area contributed by atoms with Crippen molar-refractivity contribution in [3.05, 3.63) is 33.8 Å². The predicted molar refractivity (Wildman–Crippen MR) is 73.0 cm³/mol. The zero-order chi connectivity index (χ0) is 11.5. The summed E-state index contributed by atoms with van der Waals surface area (Å²) >= 11 is 3.69. The fraction of sp³-hybridized carbons (Fsp3) is 0.571. The molecule has 0 radical (unpaired) electrons. The van der Waals surface area contributed by atoms with Gasteiger partial charge in [-0.1, -0.05) is 41.9 Å². The van der Waals surface area contributed by atoms with E-state index in [9.17, 15) is 0 Å². The molecular formula is C14H20BrN. The van der Waals surface area contributed by atoms with E-state index in [1.165, 1.54) is 34.9 Å². The van der Waals surface area contributed by atoms with Crippen molar-refractivity contribution in [3.8, 4) is 0 Å². The van der Waals surface area contributed by atoms with Gasteiger partial charge in [-0.25, -0.2) is 0 Å². The van der Waals surface area contributed by atoms with Gasteiger partial charge in [0.1, 0.15) is 0 Å². The first kappa shape index (κ1) is 12.1. The quantitative estimate of drug-likeness (QED) is 0.887. The second kappa shape index (κ2) is 5.33. The van der Waals surface area contributed by atoms with E-state index in [1.807, 2.05) is 0 Å². The van der Waals surface area contributed by atoms with E-state index in [4.69, 9.17) is 0 Å². The number of hydrogen-bond donors (Lipinski definition) is 1. The van der Waals surface area contributed by atoms with Crippen molar-refractivity contribution in [3.63, 3.8) is 0 Å². The monoisotopic (exact) mass is 281 g/mol. The lowest BCUT2D eigenvalue weighted by Gasteiger charge is -2.32. The molecule has 2 unspecified atom stereocenters. The van der Waals surface area contributed by atoms with Crippen LogP contribution < -0.4 is 5.32 Å². The minimum Gasteiger partial charge on any atom is -0.313 e. The number of rotatable bonds is 3. The van der Waals surface area contributed by atoms with Crippen LogP contribution in [0, 0.1) is 0 Å². The lowest BCUT2D eigenvalue weighted by atomic mass is 9.80. The van der Waals surface area contributed by atoms with E-state index in [0.29, 0.717) is 12.0 Å². The average Bonchev–Trinajstić information content (AvgIpc) is 2.28. The lowest BCUT2D eigenvalue weighted by molar-refractivity contribution is 0.403. The molecule has 1 aliphatic rings. The molecule has 0 fully saturated rings. The molecule has 0 aromatic heterocycles. The summed E-state index contributed by atoms with van der Waals surface area (Å²) in [6.45, 7) is 5.70. The van der Waals surface area contributed by atoms with Gasteiger partial charge in [0.2, 0.25) is 0 Å². The Hall–Kier alpha value is -0.340. The Morgan fingerprint density at radius 2 is 2.25 bits per heavy atom. The second-order valence-electron chi connectivity index (χ2n) is 4.70. The fourth-order valence-corrected chi connectivity index (χ4v) is 3.45. The van der Waals surface area contributed by atoms with Crippen LogP contribution in [0.3, 0.4) is 0 Å². The maximum absolute atomic E-state index is 3.69. The molecule has 2 atom stereocenters. The standard InChI is InChI=1S/C14H20BrN/c1-3-9-16-13-8-7-11-5-4-6-12(15)14(11)10(13)2/h4-6,10,13,16H,3,7-9H2,1-2H3. The number of halogens is 1. The lowest BCUT2D eigenvalue weighted by Crippen LogP contribution is -2.37. The highest BCUT2D eigenvalue weighted by molar-refractivity contribution is 9.10. The molecule has 2 rings (SSSR count). The number of hydrogen-bond acceptors (Lipinski definition) is 1. The van der Waals surface area contributed by atoms with Gasteiger partial charge in [-0.2, -0.15) is 0 Å². The normalized spacial score (nSPS) is 24.2. The Bertz CT molecular complexity index is 362. The molecule has 1 aromatic carbocycles. The first-order chi connectivity index (χ1) is 7.74. The highest BCUT2D eigenvalue weighted by atomic mass is 79.9. The van der Waals surface area contributed by atoms with Crippen LogP contribution >= 0.6 is 15.9 Å². The molecular weight excluding hydrogens is 262 g/mol. The van der Waals surface area contributed by atoms with E-state index in [1.54, 1.807) is 0 Å². The van der Waals surface area contributed by atoms with E-state index < -0.39 is 0 Å². The summed E-state index contributed by atoms with van der Waals surface area (Å²) in [6, 6.07) is 7.23. The summed E-state index contributed by atoms with van der Waals surface area (Å²) in [5.41, 5.74) is 3.04. The van der Waals surface area contributed by atoms with Gasteiger partial charge in [-0.05, 0) is 48.9 Å². The smallest absolute Gasteiger partial charge is 0.0213 e. The first-order valence-corrected chi connectivity index (χ1v) is 7.04. The molecule has 1 N–H and O–H groups in total. The van der Waals surface area contributed by atoms with Crippen molar-refractivity contribution in [2.45, 2.75) is 45.1 Å². The molecule has 0 bridgehead atoms. The zero-order valence-electron chi connectivity index (χ0n) is 10.1. The SMILES string of the molecule is CCCNC1CCc2cccc(Br)c2C1C. The molecule has 0 aliphatic heterocycles. The van der Waals surface area contributed by atoms with Gasteiger partial charge in [0, 0.05) is 10.5 Å². The third-order valence-electron chi connectivity index (χ3n) is 3.58. The summed E-state index contributed by atoms with van der Waals surface area (Å²) in [4.78, 5) is 0. The molecule has 16 heavy (non-hydrogen) atoms. The van der Waals surface area contributed by atoms with Crippen LogP contribution in [0.25, 0.3) is 0 Å². The molecule has 0 spiro atoms. The van der Waals surface area contributed by atoms with E-state index in [-0.39, 0.29) is 0 Å². The van der Waals surface area contributed by atoms with Gasteiger partial charge in [-0.15, -0.1) is 0 Å². The van der Waals surface area contributed by atoms with E-state index in [0.717, 1.165) is 6.54 Å². The van der Waals surface area contributed by atoms with Gasteiger partial charge in [0.15, 0.2) is 0 Å². The summed E-state index contributed by atoms with van der Waals surface area (Å²) in [5.74, 6) is 0.617. The van der Waals surface area contributed by atoms with Crippen molar-refractivity contribution in [1.82, 2.24) is 5.32 Å². The maximum atomic E-state index is 3.69. The van der Waals surface area contributed by atoms with Gasteiger partial charge in [0.25, 0.3) is 0 Å². The van der Waals surface area contributed by atoms with Crippen molar-refractivity contribution in [1.29, 1.82) is 0 Å². The largest absolute Gasteiger partial charge is 0.313 e. The minimum absolute atomic E-state index is 0.617. The van der Waals surface area contributed by atoms with Crippen LogP contribution in [0.1, 0.15) is 43.7 Å². The Balaban J connectivity index is 2.20. The summed E-state index contributed by atoms with van der Waals surface area (Å²) < 4.78 is 1.28. The molecule has 0 heterocycles. The van der Waals surface area contributed by atoms with Crippen LogP contribution in [-0.2, 0) is 6.42 Å². The van der Waals surface area contributed by atoms with Crippen LogP contribution in [0.2, 0.25) is 0 Å². The Morgan fingerprint density at radius 1 is 1.44 bits per heavy atom. The average molecular weight is 282 g/mol. The van der Waals surface area contributed by atoms with Crippen molar-refractivity contribution in [2.24, 2.45) is 0 Å². The van der Waals surface area contributed by atoms with Crippen LogP contribution in [0.4, 0.5) is 0 Å². The Labute approximate surface area is 107 Å². The van der Waals surface area contributed by atoms with Crippen molar-refractivity contribution >= 4 is 15.9 Å². The third-order valence-corrected chi connectivity index (χ3v) is 4.27. The summed E-state index contributed by atoms with van der Waals surface area (Å²) in [7, 11) is 0. The molecule has 1 aromatic rings. The number of aryl methyl sites for hydroxylation is 1. The van der Waals surface area contributed by atoms with Gasteiger partial charge < -0.3 is 5.32 Å². The molecule has 1 aliphatic carbocycles. The predicted octanol–water partition coefficient (Wildman–Crippen LogP) is 3.87. The molecule has 0 saturated heterocycles. The summed E-state index contributed by atoms with van der Waals surface area (Å²) in [6.07, 6.45) is 3.69. The van der Waals surface area contributed by atoms with E-state index in [2.05, 4.69) is 53.3 Å². The van der Waals surface area contributed by atoms with Gasteiger partial charge in [-0.3, -0.25) is 0 Å². The highest BCUT2D eigenvalue weighted by Crippen LogP contribution is 2.36. The van der Waals surface area contributed by atoms with Crippen LogP contribution in [0.15, 0.2) is 22.7 Å². The van der Waals surface area contributed by atoms with Crippen molar-refractivity contribution in [2.75, 3.05) is 6.54 Å². The second-order valence-corrected chi connectivity index (χ2v) is 5.55. The highest BCUT2D eigenvalue weighted by Gasteiger charge is 2.26. The Kier molecular flexibility index (Phi) is 4.04. The van der Waals surface area contributed by atoms with Crippen LogP contribution in [-0.4, -0.2) is 12.6 Å². The molecule has 1 nitrogen and oxygen atoms in total. The molecule has 0 saturated carbocycles. The molecule has 0 amide bonds. The molecule has 2 heteroatoms. The van der Waals surface area contributed by atoms with Gasteiger partial charge in [0.05, 0.1) is 0 Å². The van der Waals surface area contributed by atoms with Crippen LogP contribution in [0.5, 0.6) is 0 Å². The maximum Gasteiger partial charge on any atom is 0.0213 e. The first-order valence-electron chi connectivity index (χ1n) is 6.24. The number of fused-ring (bicyclic) bond motifs is 1. The summed E-state index contributed by atoms with van der Waals surface area (Å²) in [5, 5.41) is 3.67. The number of nitrogens with one attached hydrogen (secondary N) is 1. The fourth-order valence-electron chi connectivity index (χ4n) is 2.68. The third kappa shape index (κ3) is 2.33. The van der Waals surface area contributed by atoms with Gasteiger partial charge >= 0.3 is 0 Å². The van der Waals surface area contributed by atoms with Crippen molar-refractivity contribution < 1.29 is 0 Å². The van der Waals surface area contributed by atoms with E-state index >= 15 is 0 Å². The molecule has 88 valence electrons. The zero-order valence-corrected chi connectivity index (χ0v) is 11.7.